The standard InChI is InChI=1S/C19H19BrN6O2/c1-11-7-8-12(2)15(9-11)22-16(27)10-26-18(21)17(24-25-26)19(28)23-14-6-4-3-5-13(14)20/h3-9H,10,21H2,1-2H3,(H,22,27)(H,23,28). The molecule has 1 aromatic heterocycles. The van der Waals surface area contributed by atoms with Gasteiger partial charge in [0.05, 0.1) is 5.69 Å². The molecule has 3 rings (SSSR count). The topological polar surface area (TPSA) is 115 Å². The van der Waals surface area contributed by atoms with Gasteiger partial charge in [0, 0.05) is 10.2 Å². The van der Waals surface area contributed by atoms with Crippen LogP contribution in [-0.4, -0.2) is 26.8 Å². The third-order valence-electron chi connectivity index (χ3n) is 4.07. The van der Waals surface area contributed by atoms with Crippen molar-refractivity contribution < 1.29 is 9.59 Å². The first-order chi connectivity index (χ1) is 13.3. The van der Waals surface area contributed by atoms with Crippen molar-refractivity contribution >= 4 is 44.9 Å². The van der Waals surface area contributed by atoms with E-state index in [1.807, 2.05) is 38.1 Å². The maximum Gasteiger partial charge on any atom is 0.280 e. The third kappa shape index (κ3) is 4.37. The number of amides is 2. The first kappa shape index (κ1) is 19.6. The van der Waals surface area contributed by atoms with Crippen molar-refractivity contribution in [3.05, 3.63) is 63.8 Å². The van der Waals surface area contributed by atoms with Crippen LogP contribution in [0.4, 0.5) is 17.2 Å². The maximum atomic E-state index is 12.4. The lowest BCUT2D eigenvalue weighted by Crippen LogP contribution is -2.22. The molecule has 0 unspecified atom stereocenters. The summed E-state index contributed by atoms with van der Waals surface area (Å²) in [5, 5.41) is 13.2. The Morgan fingerprint density at radius 1 is 1.11 bits per heavy atom. The number of nitrogen functional groups attached to an aromatic ring is 1. The minimum Gasteiger partial charge on any atom is -0.382 e. The van der Waals surface area contributed by atoms with Crippen molar-refractivity contribution in [1.82, 2.24) is 15.0 Å². The van der Waals surface area contributed by atoms with E-state index in [1.54, 1.807) is 18.2 Å². The first-order valence-corrected chi connectivity index (χ1v) is 9.26. The van der Waals surface area contributed by atoms with Gasteiger partial charge in [0.1, 0.15) is 6.54 Å². The predicted octanol–water partition coefficient (Wildman–Crippen LogP) is 3.13. The number of para-hydroxylation sites is 1. The van der Waals surface area contributed by atoms with Crippen molar-refractivity contribution in [3.63, 3.8) is 0 Å². The number of halogens is 1. The second kappa shape index (κ2) is 8.22. The Bertz CT molecular complexity index is 1050. The summed E-state index contributed by atoms with van der Waals surface area (Å²) in [5.41, 5.74) is 9.21. The number of nitrogens with two attached hydrogens (primary N) is 1. The Morgan fingerprint density at radius 2 is 1.86 bits per heavy atom. The number of rotatable bonds is 5. The van der Waals surface area contributed by atoms with Gasteiger partial charge >= 0.3 is 0 Å². The zero-order valence-corrected chi connectivity index (χ0v) is 16.9. The van der Waals surface area contributed by atoms with Crippen molar-refractivity contribution in [3.8, 4) is 0 Å². The molecular formula is C19H19BrN6O2. The van der Waals surface area contributed by atoms with Gasteiger partial charge in [-0.1, -0.05) is 29.5 Å². The lowest BCUT2D eigenvalue weighted by Gasteiger charge is -2.10. The minimum atomic E-state index is -0.509. The molecule has 0 bridgehead atoms. The molecule has 0 aliphatic heterocycles. The Hall–Kier alpha value is -3.20. The van der Waals surface area contributed by atoms with Gasteiger partial charge in [-0.3, -0.25) is 9.59 Å². The summed E-state index contributed by atoms with van der Waals surface area (Å²) in [6.07, 6.45) is 0. The van der Waals surface area contributed by atoms with Gasteiger partial charge in [-0.25, -0.2) is 4.68 Å². The van der Waals surface area contributed by atoms with Crippen molar-refractivity contribution in [2.24, 2.45) is 0 Å². The summed E-state index contributed by atoms with van der Waals surface area (Å²) in [5.74, 6) is -0.811. The van der Waals surface area contributed by atoms with E-state index in [0.29, 0.717) is 5.69 Å². The molecule has 144 valence electrons. The van der Waals surface area contributed by atoms with Crippen LogP contribution in [0.25, 0.3) is 0 Å². The molecule has 9 heteroatoms. The number of carbonyl (C=O) groups excluding carboxylic acids is 2. The van der Waals surface area contributed by atoms with Crippen molar-refractivity contribution in [2.75, 3.05) is 16.4 Å². The van der Waals surface area contributed by atoms with Crippen molar-refractivity contribution in [1.29, 1.82) is 0 Å². The van der Waals surface area contributed by atoms with Gasteiger partial charge in [0.15, 0.2) is 11.5 Å². The Kier molecular flexibility index (Phi) is 5.74. The molecule has 0 saturated heterocycles. The quantitative estimate of drug-likeness (QED) is 0.561. The number of aromatic nitrogens is 3. The van der Waals surface area contributed by atoms with E-state index in [0.717, 1.165) is 21.3 Å². The summed E-state index contributed by atoms with van der Waals surface area (Å²) in [7, 11) is 0. The van der Waals surface area contributed by atoms with Crippen LogP contribution in [0, 0.1) is 13.8 Å². The lowest BCUT2D eigenvalue weighted by molar-refractivity contribution is -0.116. The summed E-state index contributed by atoms with van der Waals surface area (Å²) >= 11 is 3.36. The number of benzene rings is 2. The average Bonchev–Trinajstić information content (AvgIpc) is 3.00. The molecule has 0 saturated carbocycles. The zero-order chi connectivity index (χ0) is 20.3. The van der Waals surface area contributed by atoms with Gasteiger partial charge in [-0.15, -0.1) is 5.10 Å². The predicted molar refractivity (Wildman–Crippen MR) is 111 cm³/mol. The molecule has 0 atom stereocenters. The molecule has 0 radical (unpaired) electrons. The zero-order valence-electron chi connectivity index (χ0n) is 15.4. The minimum absolute atomic E-state index is 0.0145. The Labute approximate surface area is 170 Å². The molecule has 4 N–H and O–H groups in total. The van der Waals surface area contributed by atoms with E-state index >= 15 is 0 Å². The number of aryl methyl sites for hydroxylation is 2. The largest absolute Gasteiger partial charge is 0.382 e. The fraction of sp³-hybridized carbons (Fsp3) is 0.158. The van der Waals surface area contributed by atoms with Gasteiger partial charge in [0.25, 0.3) is 5.91 Å². The number of hydrogen-bond acceptors (Lipinski definition) is 5. The average molecular weight is 443 g/mol. The molecule has 2 aromatic carbocycles. The number of hydrogen-bond donors (Lipinski definition) is 3. The lowest BCUT2D eigenvalue weighted by atomic mass is 10.1. The molecule has 0 aliphatic carbocycles. The number of nitrogens with zero attached hydrogens (tertiary/aromatic N) is 3. The normalized spacial score (nSPS) is 10.5. The Balaban J connectivity index is 1.70. The Morgan fingerprint density at radius 3 is 2.61 bits per heavy atom. The van der Waals surface area contributed by atoms with E-state index < -0.39 is 5.91 Å². The van der Waals surface area contributed by atoms with Crippen LogP contribution >= 0.6 is 15.9 Å². The van der Waals surface area contributed by atoms with E-state index in [4.69, 9.17) is 5.73 Å². The SMILES string of the molecule is Cc1ccc(C)c(NC(=O)Cn2nnc(C(=O)Nc3ccccc3Br)c2N)c1. The molecule has 28 heavy (non-hydrogen) atoms. The van der Waals surface area contributed by atoms with E-state index in [-0.39, 0.29) is 24.0 Å². The highest BCUT2D eigenvalue weighted by Crippen LogP contribution is 2.22. The highest BCUT2D eigenvalue weighted by molar-refractivity contribution is 9.10. The van der Waals surface area contributed by atoms with Crippen LogP contribution in [0.1, 0.15) is 21.6 Å². The van der Waals surface area contributed by atoms with Crippen LogP contribution < -0.4 is 16.4 Å². The summed E-state index contributed by atoms with van der Waals surface area (Å²) in [4.78, 5) is 24.8. The maximum absolute atomic E-state index is 12.4. The summed E-state index contributed by atoms with van der Waals surface area (Å²) in [6, 6.07) is 12.9. The van der Waals surface area contributed by atoms with Crippen LogP contribution in [0.2, 0.25) is 0 Å². The molecule has 1 heterocycles. The van der Waals surface area contributed by atoms with E-state index in [2.05, 4.69) is 36.9 Å². The molecule has 0 aliphatic rings. The van der Waals surface area contributed by atoms with Crippen LogP contribution in [0.3, 0.4) is 0 Å². The molecule has 8 nitrogen and oxygen atoms in total. The summed E-state index contributed by atoms with van der Waals surface area (Å²) < 4.78 is 1.91. The van der Waals surface area contributed by atoms with Crippen LogP contribution in [-0.2, 0) is 11.3 Å². The van der Waals surface area contributed by atoms with Gasteiger partial charge < -0.3 is 16.4 Å². The van der Waals surface area contributed by atoms with Gasteiger partial charge in [-0.2, -0.15) is 0 Å². The molecule has 0 fully saturated rings. The second-order valence-corrected chi connectivity index (χ2v) is 7.14. The molecular weight excluding hydrogens is 424 g/mol. The van der Waals surface area contributed by atoms with Crippen molar-refractivity contribution in [2.45, 2.75) is 20.4 Å². The fourth-order valence-electron chi connectivity index (χ4n) is 2.54. The monoisotopic (exact) mass is 442 g/mol. The fourth-order valence-corrected chi connectivity index (χ4v) is 2.92. The van der Waals surface area contributed by atoms with E-state index in [9.17, 15) is 9.59 Å². The van der Waals surface area contributed by atoms with Crippen LogP contribution in [0.5, 0.6) is 0 Å². The molecule has 0 spiro atoms. The number of carbonyl (C=O) groups is 2. The smallest absolute Gasteiger partial charge is 0.280 e. The van der Waals surface area contributed by atoms with Crippen LogP contribution in [0.15, 0.2) is 46.9 Å². The molecule has 2 amide bonds. The van der Waals surface area contributed by atoms with E-state index in [1.165, 1.54) is 4.68 Å². The van der Waals surface area contributed by atoms with Gasteiger partial charge in [-0.05, 0) is 59.1 Å². The number of nitrogens with one attached hydrogen (secondary N) is 2. The highest BCUT2D eigenvalue weighted by atomic mass is 79.9. The number of anilines is 3. The highest BCUT2D eigenvalue weighted by Gasteiger charge is 2.20. The van der Waals surface area contributed by atoms with Gasteiger partial charge in [0.2, 0.25) is 5.91 Å². The second-order valence-electron chi connectivity index (χ2n) is 6.28. The summed E-state index contributed by atoms with van der Waals surface area (Å²) in [6.45, 7) is 3.69. The first-order valence-electron chi connectivity index (χ1n) is 8.47. The third-order valence-corrected chi connectivity index (χ3v) is 4.76. The molecule has 3 aromatic rings.